The molecule has 5 nitrogen and oxygen atoms in total. The number of ether oxygens (including phenoxy) is 1. The summed E-state index contributed by atoms with van der Waals surface area (Å²) < 4.78 is 6.49. The molecule has 1 unspecified atom stereocenters. The number of amides is 1. The van der Waals surface area contributed by atoms with Gasteiger partial charge < -0.3 is 10.1 Å². The summed E-state index contributed by atoms with van der Waals surface area (Å²) in [6.45, 7) is 0.398. The molecule has 84 valence electrons. The average molecular weight is 232 g/mol. The first kappa shape index (κ1) is 12.0. The van der Waals surface area contributed by atoms with E-state index in [2.05, 4.69) is 10.4 Å². The molecule has 1 heterocycles. The molecule has 15 heavy (non-hydrogen) atoms. The number of alkyl halides is 1. The number of halogens is 1. The first-order chi connectivity index (χ1) is 7.17. The highest BCUT2D eigenvalue weighted by Gasteiger charge is 2.13. The molecule has 1 aromatic rings. The van der Waals surface area contributed by atoms with Crippen LogP contribution >= 0.6 is 11.6 Å². The van der Waals surface area contributed by atoms with Crippen molar-refractivity contribution in [3.63, 3.8) is 0 Å². The number of aryl methyl sites for hydroxylation is 1. The first-order valence-electron chi connectivity index (χ1n) is 4.51. The Bertz CT molecular complexity index is 327. The Balaban J connectivity index is 2.54. The maximum Gasteiger partial charge on any atom is 0.254 e. The predicted molar refractivity (Wildman–Crippen MR) is 57.1 cm³/mol. The second kappa shape index (κ2) is 5.72. The molecular weight excluding hydrogens is 218 g/mol. The van der Waals surface area contributed by atoms with Crippen LogP contribution in [0.15, 0.2) is 12.4 Å². The summed E-state index contributed by atoms with van der Waals surface area (Å²) >= 11 is 5.67. The molecule has 1 N–H and O–H groups in total. The number of nitrogens with zero attached hydrogens (tertiary/aromatic N) is 2. The number of carbonyl (C=O) groups excluding carboxylic acids is 1. The van der Waals surface area contributed by atoms with Crippen LogP contribution in [-0.4, -0.2) is 41.3 Å². The Hall–Kier alpha value is -1.07. The standard InChI is InChI=1S/C9H14ClN3O2/c1-13-5-7(4-11-13)9(14)12-8(3-10)6-15-2/h4-5,8H,3,6H2,1-2H3,(H,12,14). The zero-order valence-corrected chi connectivity index (χ0v) is 9.49. The molecule has 0 saturated carbocycles. The van der Waals surface area contributed by atoms with Gasteiger partial charge in [-0.1, -0.05) is 0 Å². The van der Waals surface area contributed by atoms with Crippen LogP contribution in [-0.2, 0) is 11.8 Å². The van der Waals surface area contributed by atoms with E-state index in [1.165, 1.54) is 6.20 Å². The number of hydrogen-bond donors (Lipinski definition) is 1. The Kier molecular flexibility index (Phi) is 4.58. The van der Waals surface area contributed by atoms with E-state index in [0.717, 1.165) is 0 Å². The molecule has 0 aliphatic rings. The summed E-state index contributed by atoms with van der Waals surface area (Å²) in [5.74, 6) is 0.130. The largest absolute Gasteiger partial charge is 0.383 e. The minimum absolute atomic E-state index is 0.177. The van der Waals surface area contributed by atoms with Gasteiger partial charge in [0.1, 0.15) is 0 Å². The van der Waals surface area contributed by atoms with Gasteiger partial charge in [0.05, 0.1) is 24.4 Å². The van der Waals surface area contributed by atoms with Crippen molar-refractivity contribution >= 4 is 17.5 Å². The molecule has 6 heteroatoms. The van der Waals surface area contributed by atoms with Gasteiger partial charge in [0.2, 0.25) is 0 Å². The predicted octanol–water partition coefficient (Wildman–Crippen LogP) is 0.404. The van der Waals surface area contributed by atoms with Crippen molar-refractivity contribution < 1.29 is 9.53 Å². The van der Waals surface area contributed by atoms with Crippen molar-refractivity contribution in [2.75, 3.05) is 19.6 Å². The molecular formula is C9H14ClN3O2. The maximum atomic E-state index is 11.6. The smallest absolute Gasteiger partial charge is 0.254 e. The molecule has 1 rings (SSSR count). The second-order valence-corrected chi connectivity index (χ2v) is 3.49. The maximum absolute atomic E-state index is 11.6. The van der Waals surface area contributed by atoms with Gasteiger partial charge >= 0.3 is 0 Å². The van der Waals surface area contributed by atoms with Crippen LogP contribution in [0.4, 0.5) is 0 Å². The normalized spacial score (nSPS) is 12.5. The molecule has 0 aliphatic carbocycles. The fraction of sp³-hybridized carbons (Fsp3) is 0.556. The molecule has 0 spiro atoms. The van der Waals surface area contributed by atoms with Crippen molar-refractivity contribution in [1.29, 1.82) is 0 Å². The highest BCUT2D eigenvalue weighted by molar-refractivity contribution is 6.18. The molecule has 1 aromatic heterocycles. The minimum Gasteiger partial charge on any atom is -0.383 e. The van der Waals surface area contributed by atoms with Gasteiger partial charge in [0.15, 0.2) is 0 Å². The zero-order chi connectivity index (χ0) is 11.3. The Labute approximate surface area is 93.4 Å². The van der Waals surface area contributed by atoms with Gasteiger partial charge in [-0.3, -0.25) is 9.48 Å². The Morgan fingerprint density at radius 3 is 3.00 bits per heavy atom. The van der Waals surface area contributed by atoms with Gasteiger partial charge in [0, 0.05) is 26.2 Å². The molecule has 0 radical (unpaired) electrons. The van der Waals surface area contributed by atoms with Crippen LogP contribution in [0.3, 0.4) is 0 Å². The van der Waals surface area contributed by atoms with Crippen LogP contribution in [0.2, 0.25) is 0 Å². The molecule has 0 aromatic carbocycles. The number of nitrogens with one attached hydrogen (secondary N) is 1. The number of aromatic nitrogens is 2. The summed E-state index contributed by atoms with van der Waals surface area (Å²) in [6.07, 6.45) is 3.15. The van der Waals surface area contributed by atoms with Crippen LogP contribution < -0.4 is 5.32 Å². The van der Waals surface area contributed by atoms with Gasteiger partial charge in [-0.15, -0.1) is 11.6 Å². The van der Waals surface area contributed by atoms with Crippen molar-refractivity contribution in [1.82, 2.24) is 15.1 Å². The Morgan fingerprint density at radius 2 is 2.53 bits per heavy atom. The summed E-state index contributed by atoms with van der Waals surface area (Å²) in [5.41, 5.74) is 0.517. The van der Waals surface area contributed by atoms with E-state index in [4.69, 9.17) is 16.3 Å². The highest BCUT2D eigenvalue weighted by atomic mass is 35.5. The molecule has 1 amide bonds. The summed E-state index contributed by atoms with van der Waals surface area (Å²) in [5, 5.41) is 6.66. The van der Waals surface area contributed by atoms with E-state index in [9.17, 15) is 4.79 Å². The lowest BCUT2D eigenvalue weighted by molar-refractivity contribution is 0.0907. The SMILES string of the molecule is COCC(CCl)NC(=O)c1cnn(C)c1. The number of hydrogen-bond acceptors (Lipinski definition) is 3. The summed E-state index contributed by atoms with van der Waals surface area (Å²) in [7, 11) is 3.32. The molecule has 0 saturated heterocycles. The zero-order valence-electron chi connectivity index (χ0n) is 8.74. The van der Waals surface area contributed by atoms with E-state index in [-0.39, 0.29) is 11.9 Å². The van der Waals surface area contributed by atoms with Crippen LogP contribution in [0.1, 0.15) is 10.4 Å². The molecule has 0 bridgehead atoms. The van der Waals surface area contributed by atoms with Crippen LogP contribution in [0, 0.1) is 0 Å². The third-order valence-electron chi connectivity index (χ3n) is 1.86. The highest BCUT2D eigenvalue weighted by Crippen LogP contribution is 1.98. The quantitative estimate of drug-likeness (QED) is 0.747. The summed E-state index contributed by atoms with van der Waals surface area (Å²) in [4.78, 5) is 11.6. The van der Waals surface area contributed by atoms with Crippen molar-refractivity contribution in [3.05, 3.63) is 18.0 Å². The number of methoxy groups -OCH3 is 1. The third-order valence-corrected chi connectivity index (χ3v) is 2.23. The Morgan fingerprint density at radius 1 is 1.80 bits per heavy atom. The van der Waals surface area contributed by atoms with E-state index in [1.54, 1.807) is 25.0 Å². The fourth-order valence-corrected chi connectivity index (χ4v) is 1.30. The lowest BCUT2D eigenvalue weighted by atomic mass is 10.3. The first-order valence-corrected chi connectivity index (χ1v) is 5.05. The number of carbonyl (C=O) groups is 1. The van der Waals surface area contributed by atoms with Gasteiger partial charge in [-0.25, -0.2) is 0 Å². The van der Waals surface area contributed by atoms with Crippen molar-refractivity contribution in [2.24, 2.45) is 7.05 Å². The van der Waals surface area contributed by atoms with Gasteiger partial charge in [0.25, 0.3) is 5.91 Å². The van der Waals surface area contributed by atoms with E-state index in [0.29, 0.717) is 18.1 Å². The van der Waals surface area contributed by atoms with Crippen LogP contribution in [0.5, 0.6) is 0 Å². The molecule has 0 fully saturated rings. The van der Waals surface area contributed by atoms with Crippen molar-refractivity contribution in [3.8, 4) is 0 Å². The monoisotopic (exact) mass is 231 g/mol. The van der Waals surface area contributed by atoms with Crippen molar-refractivity contribution in [2.45, 2.75) is 6.04 Å². The topological polar surface area (TPSA) is 56.1 Å². The number of rotatable bonds is 5. The second-order valence-electron chi connectivity index (χ2n) is 3.18. The van der Waals surface area contributed by atoms with Crippen LogP contribution in [0.25, 0.3) is 0 Å². The summed E-state index contributed by atoms with van der Waals surface area (Å²) in [6, 6.07) is -0.177. The van der Waals surface area contributed by atoms with E-state index in [1.807, 2.05) is 0 Å². The lowest BCUT2D eigenvalue weighted by Crippen LogP contribution is -2.39. The molecule has 1 atom stereocenters. The molecule has 0 aliphatic heterocycles. The van der Waals surface area contributed by atoms with Gasteiger partial charge in [-0.05, 0) is 0 Å². The fourth-order valence-electron chi connectivity index (χ4n) is 1.13. The minimum atomic E-state index is -0.189. The lowest BCUT2D eigenvalue weighted by Gasteiger charge is -2.13. The average Bonchev–Trinajstić information content (AvgIpc) is 2.64. The van der Waals surface area contributed by atoms with E-state index < -0.39 is 0 Å². The third kappa shape index (κ3) is 3.53. The van der Waals surface area contributed by atoms with Gasteiger partial charge in [-0.2, -0.15) is 5.10 Å². The van der Waals surface area contributed by atoms with E-state index >= 15 is 0 Å².